The van der Waals surface area contributed by atoms with E-state index in [2.05, 4.69) is 21.2 Å². The van der Waals surface area contributed by atoms with E-state index in [-0.39, 0.29) is 5.91 Å². The molecule has 0 radical (unpaired) electrons. The zero-order valence-electron chi connectivity index (χ0n) is 13.6. The summed E-state index contributed by atoms with van der Waals surface area (Å²) in [5, 5.41) is 3.39. The minimum absolute atomic E-state index is 0.229. The lowest BCUT2D eigenvalue weighted by molar-refractivity contribution is -0.127. The van der Waals surface area contributed by atoms with Gasteiger partial charge in [0, 0.05) is 17.1 Å². The number of amides is 2. The van der Waals surface area contributed by atoms with Crippen molar-refractivity contribution in [1.29, 1.82) is 0 Å². The first-order valence-corrected chi connectivity index (χ1v) is 8.82. The number of benzene rings is 2. The molecule has 0 bridgehead atoms. The van der Waals surface area contributed by atoms with Crippen LogP contribution in [0.5, 0.6) is 5.75 Å². The second-order valence-corrected chi connectivity index (χ2v) is 6.73. The van der Waals surface area contributed by atoms with E-state index in [1.165, 1.54) is 0 Å². The molecule has 2 aromatic carbocycles. The smallest absolute Gasteiger partial charge is 0.260 e. The third-order valence-electron chi connectivity index (χ3n) is 3.49. The van der Waals surface area contributed by atoms with E-state index >= 15 is 0 Å². The molecule has 0 fully saturated rings. The van der Waals surface area contributed by atoms with Crippen LogP contribution in [0.4, 0.5) is 0 Å². The van der Waals surface area contributed by atoms with Crippen LogP contribution in [0.15, 0.2) is 46.9 Å². The van der Waals surface area contributed by atoms with E-state index in [4.69, 9.17) is 22.1 Å². The first kappa shape index (κ1) is 19.3. The van der Waals surface area contributed by atoms with Crippen molar-refractivity contribution in [2.24, 2.45) is 5.73 Å². The molecule has 0 aliphatic carbocycles. The van der Waals surface area contributed by atoms with Gasteiger partial charge in [-0.3, -0.25) is 9.59 Å². The molecule has 132 valence electrons. The molecular weight excluding hydrogens is 408 g/mol. The van der Waals surface area contributed by atoms with Gasteiger partial charge in [-0.15, -0.1) is 0 Å². The van der Waals surface area contributed by atoms with Crippen molar-refractivity contribution < 1.29 is 14.3 Å². The van der Waals surface area contributed by atoms with Crippen LogP contribution in [0.25, 0.3) is 0 Å². The Bertz CT molecular complexity index is 783. The lowest BCUT2D eigenvalue weighted by atomic mass is 10.1. The number of hydrogen-bond donors (Lipinski definition) is 2. The van der Waals surface area contributed by atoms with E-state index in [1.807, 2.05) is 6.07 Å². The van der Waals surface area contributed by atoms with Gasteiger partial charge in [-0.05, 0) is 65.2 Å². The number of ether oxygens (including phenoxy) is 1. The number of nitrogens with one attached hydrogen (secondary N) is 1. The molecule has 0 saturated heterocycles. The maximum Gasteiger partial charge on any atom is 0.260 e. The summed E-state index contributed by atoms with van der Waals surface area (Å²) >= 11 is 9.23. The molecule has 1 atom stereocenters. The minimum Gasteiger partial charge on any atom is -0.480 e. The van der Waals surface area contributed by atoms with Gasteiger partial charge in [0.05, 0.1) is 4.47 Å². The summed E-state index contributed by atoms with van der Waals surface area (Å²) < 4.78 is 6.32. The fourth-order valence-electron chi connectivity index (χ4n) is 2.17. The Hall–Kier alpha value is -2.05. The second-order valence-electron chi connectivity index (χ2n) is 5.44. The summed E-state index contributed by atoms with van der Waals surface area (Å²) in [6, 6.07) is 12.1. The Balaban J connectivity index is 1.85. The number of nitrogens with two attached hydrogens (primary N) is 1. The summed E-state index contributed by atoms with van der Waals surface area (Å²) in [7, 11) is 0. The van der Waals surface area contributed by atoms with Gasteiger partial charge >= 0.3 is 0 Å². The fraction of sp³-hybridized carbons (Fsp3) is 0.222. The minimum atomic E-state index is -0.658. The van der Waals surface area contributed by atoms with Gasteiger partial charge < -0.3 is 15.8 Å². The first-order valence-electron chi connectivity index (χ1n) is 7.65. The molecule has 2 amide bonds. The van der Waals surface area contributed by atoms with Crippen LogP contribution in [0.2, 0.25) is 5.02 Å². The van der Waals surface area contributed by atoms with Crippen molar-refractivity contribution >= 4 is 39.3 Å². The van der Waals surface area contributed by atoms with Gasteiger partial charge in [-0.25, -0.2) is 0 Å². The number of hydrogen-bond acceptors (Lipinski definition) is 3. The monoisotopic (exact) mass is 424 g/mol. The number of rotatable bonds is 7. The molecule has 1 unspecified atom stereocenters. The van der Waals surface area contributed by atoms with Crippen molar-refractivity contribution in [1.82, 2.24) is 5.32 Å². The molecular formula is C18H18BrClN2O3. The highest BCUT2D eigenvalue weighted by molar-refractivity contribution is 9.10. The topological polar surface area (TPSA) is 81.4 Å². The summed E-state index contributed by atoms with van der Waals surface area (Å²) in [6.45, 7) is 2.10. The highest BCUT2D eigenvalue weighted by Gasteiger charge is 2.15. The largest absolute Gasteiger partial charge is 0.480 e. The van der Waals surface area contributed by atoms with Gasteiger partial charge in [0.25, 0.3) is 5.91 Å². The molecule has 7 heteroatoms. The molecule has 0 aliphatic heterocycles. The number of primary amides is 1. The van der Waals surface area contributed by atoms with Crippen LogP contribution in [0, 0.1) is 0 Å². The Morgan fingerprint density at radius 2 is 2.04 bits per heavy atom. The highest BCUT2D eigenvalue weighted by Crippen LogP contribution is 2.28. The highest BCUT2D eigenvalue weighted by atomic mass is 79.9. The average molecular weight is 426 g/mol. The van der Waals surface area contributed by atoms with Crippen LogP contribution in [-0.2, 0) is 11.2 Å². The van der Waals surface area contributed by atoms with E-state index in [9.17, 15) is 9.59 Å². The lowest BCUT2D eigenvalue weighted by Crippen LogP contribution is -2.37. The number of carbonyl (C=O) groups excluding carboxylic acids is 2. The molecule has 0 aliphatic rings. The maximum atomic E-state index is 12.1. The zero-order chi connectivity index (χ0) is 18.4. The van der Waals surface area contributed by atoms with Gasteiger partial charge in [-0.1, -0.05) is 23.7 Å². The van der Waals surface area contributed by atoms with Gasteiger partial charge in [-0.2, -0.15) is 0 Å². The standard InChI is InChI=1S/C18H18BrClN2O3/c1-11(25-16-6-5-14(20)10-15(16)19)18(24)22-8-7-12-3-2-4-13(9-12)17(21)23/h2-6,9-11H,7-8H2,1H3,(H2,21,23)(H,22,24). The molecule has 0 heterocycles. The molecule has 3 N–H and O–H groups in total. The Kier molecular flexibility index (Phi) is 6.84. The van der Waals surface area contributed by atoms with Crippen LogP contribution in [0.1, 0.15) is 22.8 Å². The molecule has 0 spiro atoms. The van der Waals surface area contributed by atoms with E-state index in [1.54, 1.807) is 43.3 Å². The SMILES string of the molecule is CC(Oc1ccc(Cl)cc1Br)C(=O)NCCc1cccc(C(N)=O)c1. The predicted octanol–water partition coefficient (Wildman–Crippen LogP) is 3.33. The molecule has 0 saturated carbocycles. The maximum absolute atomic E-state index is 12.1. The van der Waals surface area contributed by atoms with Crippen molar-refractivity contribution in [3.8, 4) is 5.75 Å². The fourth-order valence-corrected chi connectivity index (χ4v) is 2.94. The summed E-state index contributed by atoms with van der Waals surface area (Å²) in [5.74, 6) is -0.157. The quantitative estimate of drug-likeness (QED) is 0.714. The van der Waals surface area contributed by atoms with E-state index in [0.29, 0.717) is 33.8 Å². The van der Waals surface area contributed by atoms with Gasteiger partial charge in [0.2, 0.25) is 5.91 Å². The van der Waals surface area contributed by atoms with Crippen molar-refractivity contribution in [3.63, 3.8) is 0 Å². The van der Waals surface area contributed by atoms with Crippen molar-refractivity contribution in [2.75, 3.05) is 6.54 Å². The van der Waals surface area contributed by atoms with Crippen LogP contribution < -0.4 is 15.8 Å². The molecule has 2 aromatic rings. The molecule has 0 aromatic heterocycles. The van der Waals surface area contributed by atoms with Gasteiger partial charge in [0.1, 0.15) is 5.75 Å². The molecule has 25 heavy (non-hydrogen) atoms. The van der Waals surface area contributed by atoms with Crippen molar-refractivity contribution in [3.05, 3.63) is 63.1 Å². The van der Waals surface area contributed by atoms with Crippen molar-refractivity contribution in [2.45, 2.75) is 19.4 Å². The average Bonchev–Trinajstić information content (AvgIpc) is 2.57. The van der Waals surface area contributed by atoms with Crippen LogP contribution in [0.3, 0.4) is 0 Å². The summed E-state index contributed by atoms with van der Waals surface area (Å²) in [4.78, 5) is 23.3. The van der Waals surface area contributed by atoms with E-state index < -0.39 is 12.0 Å². The first-order chi connectivity index (χ1) is 11.9. The number of carbonyl (C=O) groups is 2. The predicted molar refractivity (Wildman–Crippen MR) is 101 cm³/mol. The summed E-state index contributed by atoms with van der Waals surface area (Å²) in [5.41, 5.74) is 6.63. The Morgan fingerprint density at radius 3 is 2.72 bits per heavy atom. The third-order valence-corrected chi connectivity index (χ3v) is 4.35. The lowest BCUT2D eigenvalue weighted by Gasteiger charge is -2.16. The second kappa shape index (κ2) is 8.87. The van der Waals surface area contributed by atoms with Crippen LogP contribution in [-0.4, -0.2) is 24.5 Å². The normalized spacial score (nSPS) is 11.6. The zero-order valence-corrected chi connectivity index (χ0v) is 15.9. The van der Waals surface area contributed by atoms with E-state index in [0.717, 1.165) is 5.56 Å². The Labute approximate surface area is 159 Å². The Morgan fingerprint density at radius 1 is 1.28 bits per heavy atom. The van der Waals surface area contributed by atoms with Crippen LogP contribution >= 0.6 is 27.5 Å². The van der Waals surface area contributed by atoms with Gasteiger partial charge in [0.15, 0.2) is 6.10 Å². The third kappa shape index (κ3) is 5.76. The molecule has 5 nitrogen and oxygen atoms in total. The molecule has 2 rings (SSSR count). The number of halogens is 2. The summed E-state index contributed by atoms with van der Waals surface area (Å²) in [6.07, 6.45) is -0.0704.